The van der Waals surface area contributed by atoms with E-state index < -0.39 is 27.8 Å². The highest BCUT2D eigenvalue weighted by Crippen LogP contribution is 2.47. The Hall–Kier alpha value is -4.14. The summed E-state index contributed by atoms with van der Waals surface area (Å²) in [5.74, 6) is -0.185. The summed E-state index contributed by atoms with van der Waals surface area (Å²) in [6.07, 6.45) is -3.55. The fourth-order valence-corrected chi connectivity index (χ4v) is 8.29. The molecule has 240 valence electrons. The summed E-state index contributed by atoms with van der Waals surface area (Å²) >= 11 is 0. The maximum absolute atomic E-state index is 13.4. The van der Waals surface area contributed by atoms with Crippen LogP contribution in [0.25, 0.3) is 11.1 Å². The van der Waals surface area contributed by atoms with E-state index in [-0.39, 0.29) is 48.1 Å². The molecule has 0 radical (unpaired) electrons. The molecule has 45 heavy (non-hydrogen) atoms. The van der Waals surface area contributed by atoms with E-state index in [1.807, 2.05) is 0 Å². The van der Waals surface area contributed by atoms with Gasteiger partial charge >= 0.3 is 12.4 Å². The zero-order valence-corrected chi connectivity index (χ0v) is 25.4. The molecule has 1 unspecified atom stereocenters. The van der Waals surface area contributed by atoms with Gasteiger partial charge in [-0.2, -0.15) is 4.98 Å². The minimum absolute atomic E-state index is 0.00485. The van der Waals surface area contributed by atoms with Crippen LogP contribution in [0.15, 0.2) is 40.9 Å². The Bertz CT molecular complexity index is 1760. The lowest BCUT2D eigenvalue weighted by Gasteiger charge is -2.35. The number of nitrogens with zero attached hydrogens (tertiary/aromatic N) is 3. The van der Waals surface area contributed by atoms with Crippen LogP contribution in [-0.2, 0) is 34.1 Å². The molecular formula is C30H32F3N5O6S. The third-order valence-electron chi connectivity index (χ3n) is 8.53. The summed E-state index contributed by atoms with van der Waals surface area (Å²) in [7, 11) is -3.24. The zero-order chi connectivity index (χ0) is 32.1. The second kappa shape index (κ2) is 11.3. The van der Waals surface area contributed by atoms with Crippen LogP contribution in [0.4, 0.5) is 18.0 Å². The van der Waals surface area contributed by atoms with E-state index in [1.165, 1.54) is 18.2 Å². The number of hydrogen-bond acceptors (Lipinski definition) is 8. The van der Waals surface area contributed by atoms with Crippen LogP contribution in [0, 0.1) is 12.8 Å². The molecule has 6 rings (SSSR count). The Morgan fingerprint density at radius 2 is 2.00 bits per heavy atom. The third-order valence-corrected chi connectivity index (χ3v) is 10.4. The van der Waals surface area contributed by atoms with Gasteiger partial charge in [0.2, 0.25) is 11.8 Å². The lowest BCUT2D eigenvalue weighted by atomic mass is 9.87. The molecule has 1 aromatic heterocycles. The number of urea groups is 1. The van der Waals surface area contributed by atoms with Crippen molar-refractivity contribution in [1.29, 1.82) is 0 Å². The number of hydrogen-bond donors (Lipinski definition) is 2. The Labute approximate surface area is 257 Å². The number of amides is 3. The first-order valence-electron chi connectivity index (χ1n) is 14.5. The van der Waals surface area contributed by atoms with Gasteiger partial charge in [-0.15, -0.1) is 13.2 Å². The third kappa shape index (κ3) is 6.92. The van der Waals surface area contributed by atoms with Crippen LogP contribution in [-0.4, -0.2) is 65.3 Å². The van der Waals surface area contributed by atoms with Crippen molar-refractivity contribution in [3.63, 3.8) is 0 Å². The first-order chi connectivity index (χ1) is 21.2. The van der Waals surface area contributed by atoms with E-state index in [4.69, 9.17) is 4.52 Å². The van der Waals surface area contributed by atoms with Crippen molar-refractivity contribution in [1.82, 2.24) is 25.7 Å². The van der Waals surface area contributed by atoms with Gasteiger partial charge in [0, 0.05) is 19.6 Å². The summed E-state index contributed by atoms with van der Waals surface area (Å²) in [6.45, 7) is 4.04. The quantitative estimate of drug-likeness (QED) is 0.392. The van der Waals surface area contributed by atoms with E-state index in [9.17, 15) is 31.2 Å². The number of nitrogens with one attached hydrogen (secondary N) is 2. The molecule has 2 aliphatic heterocycles. The van der Waals surface area contributed by atoms with E-state index in [0.29, 0.717) is 48.6 Å². The summed E-state index contributed by atoms with van der Waals surface area (Å²) in [6, 6.07) is 8.90. The molecule has 1 saturated heterocycles. The molecule has 1 saturated carbocycles. The van der Waals surface area contributed by atoms with Gasteiger partial charge in [0.05, 0.1) is 28.9 Å². The lowest BCUT2D eigenvalue weighted by molar-refractivity contribution is -0.274. The molecule has 1 aliphatic carbocycles. The molecule has 15 heteroatoms. The molecule has 0 bridgehead atoms. The zero-order valence-electron chi connectivity index (χ0n) is 24.6. The molecule has 2 N–H and O–H groups in total. The van der Waals surface area contributed by atoms with E-state index in [1.54, 1.807) is 36.9 Å². The maximum atomic E-state index is 13.4. The maximum Gasteiger partial charge on any atom is 0.573 e. The summed E-state index contributed by atoms with van der Waals surface area (Å²) in [5.41, 5.74) is 2.68. The molecule has 2 aromatic carbocycles. The SMILES string of the molecule is Cc1noc([C@H]2C[C@H]2C(=O)NCc2ccc(-c3cccc(OC(F)(F)F)c3)c3c2CN(C(=O)NC2(C)CCS(=O)(=O)C2)CC3)n1. The first-order valence-corrected chi connectivity index (χ1v) is 16.4. The minimum atomic E-state index is -4.84. The summed E-state index contributed by atoms with van der Waals surface area (Å²) in [5, 5.41) is 9.65. The monoisotopic (exact) mass is 647 g/mol. The number of carbonyl (C=O) groups excluding carboxylic acids is 2. The molecular weight excluding hydrogens is 615 g/mol. The topological polar surface area (TPSA) is 144 Å². The van der Waals surface area contributed by atoms with Gasteiger partial charge in [-0.1, -0.05) is 29.4 Å². The number of rotatable bonds is 7. The number of aromatic nitrogens is 2. The Morgan fingerprint density at radius 1 is 1.20 bits per heavy atom. The van der Waals surface area contributed by atoms with Gasteiger partial charge < -0.3 is 24.8 Å². The lowest BCUT2D eigenvalue weighted by Crippen LogP contribution is -2.53. The first kappa shape index (κ1) is 30.9. The summed E-state index contributed by atoms with van der Waals surface area (Å²) in [4.78, 5) is 32.2. The van der Waals surface area contributed by atoms with Gasteiger partial charge in [-0.3, -0.25) is 4.79 Å². The predicted octanol–water partition coefficient (Wildman–Crippen LogP) is 4.01. The number of aryl methyl sites for hydroxylation is 1. The Morgan fingerprint density at radius 3 is 2.69 bits per heavy atom. The van der Waals surface area contributed by atoms with Crippen LogP contribution in [0.2, 0.25) is 0 Å². The normalized spacial score (nSPS) is 23.7. The highest BCUT2D eigenvalue weighted by Gasteiger charge is 2.47. The fourth-order valence-electron chi connectivity index (χ4n) is 6.19. The molecule has 3 amide bonds. The number of carbonyl (C=O) groups is 2. The largest absolute Gasteiger partial charge is 0.573 e. The van der Waals surface area contributed by atoms with E-state index in [2.05, 4.69) is 25.5 Å². The number of benzene rings is 2. The van der Waals surface area contributed by atoms with Crippen LogP contribution in [0.3, 0.4) is 0 Å². The van der Waals surface area contributed by atoms with Crippen LogP contribution in [0.1, 0.15) is 54.1 Å². The van der Waals surface area contributed by atoms with Gasteiger partial charge in [0.25, 0.3) is 0 Å². The van der Waals surface area contributed by atoms with Crippen molar-refractivity contribution in [3.05, 3.63) is 64.8 Å². The highest BCUT2D eigenvalue weighted by atomic mass is 32.2. The molecule has 2 fully saturated rings. The molecule has 3 aromatic rings. The second-order valence-corrected chi connectivity index (χ2v) is 14.3. The average molecular weight is 648 g/mol. The molecule has 3 atom stereocenters. The molecule has 3 aliphatic rings. The van der Waals surface area contributed by atoms with Crippen molar-refractivity contribution in [2.75, 3.05) is 18.1 Å². The highest BCUT2D eigenvalue weighted by molar-refractivity contribution is 7.91. The smallest absolute Gasteiger partial charge is 0.406 e. The van der Waals surface area contributed by atoms with Crippen molar-refractivity contribution in [3.8, 4) is 16.9 Å². The number of fused-ring (bicyclic) bond motifs is 1. The second-order valence-electron chi connectivity index (χ2n) is 12.2. The standard InChI is InChI=1S/C30H32F3N5O6S/c1-17-35-27(44-37-17)24-13-23(24)26(39)34-14-19-6-7-21(18-4-3-5-20(12-18)43-30(31,32)33)22-8-10-38(15-25(19)22)28(40)36-29(2)9-11-45(41,42)16-29/h3-7,12,23-24H,8-11,13-16H2,1-2H3,(H,34,39)(H,36,40)/t23-,24+,29?/m1/s1. The number of halogens is 3. The van der Waals surface area contributed by atoms with Crippen molar-refractivity contribution >= 4 is 21.8 Å². The fraction of sp³-hybridized carbons (Fsp3) is 0.467. The van der Waals surface area contributed by atoms with Gasteiger partial charge in [0.1, 0.15) is 5.75 Å². The molecule has 3 heterocycles. The van der Waals surface area contributed by atoms with Crippen molar-refractivity contribution in [2.24, 2.45) is 5.92 Å². The predicted molar refractivity (Wildman–Crippen MR) is 155 cm³/mol. The van der Waals surface area contributed by atoms with Gasteiger partial charge in [-0.25, -0.2) is 13.2 Å². The van der Waals surface area contributed by atoms with Crippen LogP contribution < -0.4 is 15.4 Å². The number of alkyl halides is 3. The van der Waals surface area contributed by atoms with Crippen LogP contribution in [0.5, 0.6) is 5.75 Å². The molecule has 0 spiro atoms. The number of sulfone groups is 1. The molecule has 11 nitrogen and oxygen atoms in total. The minimum Gasteiger partial charge on any atom is -0.406 e. The van der Waals surface area contributed by atoms with Crippen molar-refractivity contribution in [2.45, 2.75) is 64.0 Å². The summed E-state index contributed by atoms with van der Waals surface area (Å²) < 4.78 is 72.3. The van der Waals surface area contributed by atoms with Gasteiger partial charge in [0.15, 0.2) is 15.7 Å². The van der Waals surface area contributed by atoms with E-state index >= 15 is 0 Å². The van der Waals surface area contributed by atoms with Gasteiger partial charge in [-0.05, 0) is 73.1 Å². The Kier molecular flexibility index (Phi) is 7.78. The van der Waals surface area contributed by atoms with Crippen LogP contribution >= 0.6 is 0 Å². The average Bonchev–Trinajstić information content (AvgIpc) is 3.57. The van der Waals surface area contributed by atoms with E-state index in [0.717, 1.165) is 16.7 Å². The Balaban J connectivity index is 1.24. The van der Waals surface area contributed by atoms with Crippen molar-refractivity contribution < 1.29 is 40.4 Å². The number of ether oxygens (including phenoxy) is 1.